The molecule has 0 spiro atoms. The third-order valence-electron chi connectivity index (χ3n) is 1.71. The molecule has 1 aromatic carbocycles. The highest BCUT2D eigenvalue weighted by atomic mass is 79.9. The van der Waals surface area contributed by atoms with Gasteiger partial charge in [0.2, 0.25) is 0 Å². The molecule has 0 aliphatic rings. The van der Waals surface area contributed by atoms with Crippen molar-refractivity contribution in [1.29, 1.82) is 0 Å². The van der Waals surface area contributed by atoms with E-state index in [1.54, 1.807) is 0 Å². The highest BCUT2D eigenvalue weighted by molar-refractivity contribution is 9.10. The third-order valence-corrected chi connectivity index (χ3v) is 2.17. The molecule has 0 aliphatic heterocycles. The van der Waals surface area contributed by atoms with E-state index in [9.17, 15) is 8.78 Å². The van der Waals surface area contributed by atoms with Gasteiger partial charge in [-0.25, -0.2) is 8.78 Å². The van der Waals surface area contributed by atoms with Gasteiger partial charge in [0.15, 0.2) is 6.29 Å². The number of hydrogen-bond acceptors (Lipinski definition) is 2. The van der Waals surface area contributed by atoms with E-state index in [4.69, 9.17) is 9.47 Å². The molecule has 0 fully saturated rings. The Labute approximate surface area is 89.0 Å². The Morgan fingerprint density at radius 2 is 1.57 bits per heavy atom. The first kappa shape index (κ1) is 11.6. The van der Waals surface area contributed by atoms with Crippen LogP contribution < -0.4 is 0 Å². The van der Waals surface area contributed by atoms with Crippen LogP contribution in [0.3, 0.4) is 0 Å². The fourth-order valence-electron chi connectivity index (χ4n) is 1.11. The number of halogens is 3. The van der Waals surface area contributed by atoms with Crippen LogP contribution in [0.25, 0.3) is 0 Å². The molecule has 2 nitrogen and oxygen atoms in total. The van der Waals surface area contributed by atoms with Crippen LogP contribution in [0.4, 0.5) is 8.78 Å². The van der Waals surface area contributed by atoms with Crippen LogP contribution in [0.5, 0.6) is 0 Å². The van der Waals surface area contributed by atoms with Gasteiger partial charge in [0, 0.05) is 18.7 Å². The lowest BCUT2D eigenvalue weighted by atomic mass is 10.2. The smallest absolute Gasteiger partial charge is 0.188 e. The predicted octanol–water partition coefficient (Wildman–Crippen LogP) is 3.02. The fourth-order valence-corrected chi connectivity index (χ4v) is 1.51. The summed E-state index contributed by atoms with van der Waals surface area (Å²) in [6.07, 6.45) is -1.02. The first-order chi connectivity index (χ1) is 6.60. The van der Waals surface area contributed by atoms with Crippen molar-refractivity contribution in [2.75, 3.05) is 14.2 Å². The summed E-state index contributed by atoms with van der Waals surface area (Å²) in [5.41, 5.74) is -0.224. The van der Waals surface area contributed by atoms with Crippen molar-refractivity contribution in [1.82, 2.24) is 0 Å². The van der Waals surface area contributed by atoms with E-state index in [0.29, 0.717) is 4.47 Å². The van der Waals surface area contributed by atoms with Gasteiger partial charge in [0.25, 0.3) is 0 Å². The summed E-state index contributed by atoms with van der Waals surface area (Å²) in [4.78, 5) is 0. The molecule has 1 aromatic rings. The highest BCUT2D eigenvalue weighted by Gasteiger charge is 2.20. The van der Waals surface area contributed by atoms with Gasteiger partial charge in [0.05, 0.1) is 5.56 Å². The Bertz CT molecular complexity index is 304. The maximum Gasteiger partial charge on any atom is 0.188 e. The molecule has 0 unspecified atom stereocenters. The Balaban J connectivity index is 3.19. The Morgan fingerprint density at radius 1 is 1.14 bits per heavy atom. The summed E-state index contributed by atoms with van der Waals surface area (Å²) >= 11 is 2.98. The van der Waals surface area contributed by atoms with E-state index in [0.717, 1.165) is 12.1 Å². The molecule has 0 bridgehead atoms. The van der Waals surface area contributed by atoms with Crippen molar-refractivity contribution in [3.8, 4) is 0 Å². The topological polar surface area (TPSA) is 18.5 Å². The summed E-state index contributed by atoms with van der Waals surface area (Å²) in [7, 11) is 2.63. The summed E-state index contributed by atoms with van der Waals surface area (Å²) < 4.78 is 36.5. The first-order valence-corrected chi connectivity index (χ1v) is 4.59. The minimum atomic E-state index is -1.02. The van der Waals surface area contributed by atoms with E-state index in [2.05, 4.69) is 15.9 Å². The van der Waals surface area contributed by atoms with Gasteiger partial charge < -0.3 is 9.47 Å². The standard InChI is InChI=1S/C9H9BrF2O2/c1-13-9(14-2)8-6(11)3-5(10)4-7(8)12/h3-4,9H,1-2H3. The molecule has 0 N–H and O–H groups in total. The molecule has 14 heavy (non-hydrogen) atoms. The average molecular weight is 267 g/mol. The third kappa shape index (κ3) is 2.29. The number of hydrogen-bond donors (Lipinski definition) is 0. The van der Waals surface area contributed by atoms with Gasteiger partial charge in [-0.1, -0.05) is 15.9 Å². The molecular weight excluding hydrogens is 258 g/mol. The van der Waals surface area contributed by atoms with E-state index in [-0.39, 0.29) is 5.56 Å². The van der Waals surface area contributed by atoms with Crippen molar-refractivity contribution in [3.05, 3.63) is 33.8 Å². The van der Waals surface area contributed by atoms with Crippen molar-refractivity contribution < 1.29 is 18.3 Å². The van der Waals surface area contributed by atoms with Gasteiger partial charge in [-0.05, 0) is 12.1 Å². The van der Waals surface area contributed by atoms with Crippen LogP contribution in [0.15, 0.2) is 16.6 Å². The monoisotopic (exact) mass is 266 g/mol. The van der Waals surface area contributed by atoms with Gasteiger partial charge in [-0.3, -0.25) is 0 Å². The van der Waals surface area contributed by atoms with E-state index < -0.39 is 17.9 Å². The van der Waals surface area contributed by atoms with Crippen molar-refractivity contribution in [3.63, 3.8) is 0 Å². The molecule has 1 rings (SSSR count). The Hall–Kier alpha value is -0.520. The summed E-state index contributed by atoms with van der Waals surface area (Å²) in [5.74, 6) is -1.41. The van der Waals surface area contributed by atoms with Crippen LogP contribution >= 0.6 is 15.9 Å². The molecule has 0 saturated carbocycles. The lowest BCUT2D eigenvalue weighted by Gasteiger charge is -2.15. The van der Waals surface area contributed by atoms with Crippen molar-refractivity contribution in [2.45, 2.75) is 6.29 Å². The van der Waals surface area contributed by atoms with E-state index >= 15 is 0 Å². The number of ether oxygens (including phenoxy) is 2. The van der Waals surface area contributed by atoms with Crippen LogP contribution in [-0.2, 0) is 9.47 Å². The minimum Gasteiger partial charge on any atom is -0.351 e. The van der Waals surface area contributed by atoms with E-state index in [1.165, 1.54) is 14.2 Å². The molecule has 0 aliphatic carbocycles. The zero-order valence-corrected chi connectivity index (χ0v) is 9.27. The van der Waals surface area contributed by atoms with E-state index in [1.807, 2.05) is 0 Å². The quantitative estimate of drug-likeness (QED) is 0.784. The van der Waals surface area contributed by atoms with Crippen LogP contribution in [-0.4, -0.2) is 14.2 Å². The maximum atomic E-state index is 13.3. The zero-order chi connectivity index (χ0) is 10.7. The lowest BCUT2D eigenvalue weighted by Crippen LogP contribution is -2.08. The normalized spacial score (nSPS) is 11.0. The zero-order valence-electron chi connectivity index (χ0n) is 7.68. The summed E-state index contributed by atoms with van der Waals surface area (Å²) in [5, 5.41) is 0. The molecular formula is C9H9BrF2O2. The molecule has 0 amide bonds. The minimum absolute atomic E-state index is 0.224. The second kappa shape index (κ2) is 4.82. The van der Waals surface area contributed by atoms with Crippen LogP contribution in [0.1, 0.15) is 11.9 Å². The number of benzene rings is 1. The summed E-state index contributed by atoms with van der Waals surface area (Å²) in [6.45, 7) is 0. The van der Waals surface area contributed by atoms with Crippen LogP contribution in [0, 0.1) is 11.6 Å². The molecule has 0 radical (unpaired) electrons. The summed E-state index contributed by atoms with van der Waals surface area (Å²) in [6, 6.07) is 2.31. The van der Waals surface area contributed by atoms with Crippen molar-refractivity contribution >= 4 is 15.9 Å². The van der Waals surface area contributed by atoms with Crippen LogP contribution in [0.2, 0.25) is 0 Å². The van der Waals surface area contributed by atoms with Gasteiger partial charge >= 0.3 is 0 Å². The second-order valence-corrected chi connectivity index (χ2v) is 3.50. The van der Waals surface area contributed by atoms with Gasteiger partial charge in [0.1, 0.15) is 11.6 Å². The number of rotatable bonds is 3. The Morgan fingerprint density at radius 3 is 1.93 bits per heavy atom. The van der Waals surface area contributed by atoms with Crippen molar-refractivity contribution in [2.24, 2.45) is 0 Å². The fraction of sp³-hybridized carbons (Fsp3) is 0.333. The predicted molar refractivity (Wildman–Crippen MR) is 50.8 cm³/mol. The molecule has 0 saturated heterocycles. The molecule has 78 valence electrons. The maximum absolute atomic E-state index is 13.3. The second-order valence-electron chi connectivity index (χ2n) is 2.59. The van der Waals surface area contributed by atoms with Gasteiger partial charge in [-0.15, -0.1) is 0 Å². The SMILES string of the molecule is COC(OC)c1c(F)cc(Br)cc1F. The highest BCUT2D eigenvalue weighted by Crippen LogP contribution is 2.26. The molecule has 0 atom stereocenters. The molecule has 0 aromatic heterocycles. The first-order valence-electron chi connectivity index (χ1n) is 3.80. The lowest BCUT2D eigenvalue weighted by molar-refractivity contribution is -0.109. The van der Waals surface area contributed by atoms with Gasteiger partial charge in [-0.2, -0.15) is 0 Å². The Kier molecular flexibility index (Phi) is 3.97. The molecule has 5 heteroatoms. The average Bonchev–Trinajstić information content (AvgIpc) is 2.10. The number of methoxy groups -OCH3 is 2. The molecule has 0 heterocycles. The largest absolute Gasteiger partial charge is 0.351 e.